The highest BCUT2D eigenvalue weighted by atomic mass is 16.2. The number of nitrogens with zero attached hydrogens (tertiary/aromatic N) is 1. The summed E-state index contributed by atoms with van der Waals surface area (Å²) < 4.78 is 0. The molecule has 38 heavy (non-hydrogen) atoms. The van der Waals surface area contributed by atoms with Gasteiger partial charge in [-0.05, 0) is 80.8 Å². The fourth-order valence-electron chi connectivity index (χ4n) is 6.53. The van der Waals surface area contributed by atoms with E-state index in [1.807, 2.05) is 12.1 Å². The van der Waals surface area contributed by atoms with Crippen molar-refractivity contribution in [3.63, 3.8) is 0 Å². The zero-order valence-corrected chi connectivity index (χ0v) is 21.7. The first kappa shape index (κ1) is 25.1. The van der Waals surface area contributed by atoms with Gasteiger partial charge in [0.2, 0.25) is 23.5 Å². The summed E-state index contributed by atoms with van der Waals surface area (Å²) in [6, 6.07) is 6.33. The van der Waals surface area contributed by atoms with E-state index < -0.39 is 35.6 Å². The molecule has 2 heterocycles. The summed E-state index contributed by atoms with van der Waals surface area (Å²) in [6.07, 6.45) is 7.21. The minimum Gasteiger partial charge on any atom is -0.356 e. The van der Waals surface area contributed by atoms with Crippen LogP contribution in [0.5, 0.6) is 0 Å². The molecule has 2 aliphatic heterocycles. The Kier molecular flexibility index (Phi) is 6.48. The molecule has 6 rings (SSSR count). The molecule has 1 aromatic carbocycles. The predicted octanol–water partition coefficient (Wildman–Crippen LogP) is 1.03. The monoisotopic (exact) mass is 520 g/mol. The van der Waals surface area contributed by atoms with Crippen LogP contribution in [0.4, 0.5) is 0 Å². The number of hydrogen-bond donors (Lipinski definition) is 3. The van der Waals surface area contributed by atoms with Gasteiger partial charge in [0.25, 0.3) is 5.91 Å². The number of benzene rings is 1. The average molecular weight is 521 g/mol. The number of likely N-dealkylation sites (tertiary alicyclic amines) is 1. The molecule has 9 nitrogen and oxygen atoms in total. The van der Waals surface area contributed by atoms with Gasteiger partial charge in [-0.25, -0.2) is 0 Å². The first-order valence-electron chi connectivity index (χ1n) is 14.1. The predicted molar refractivity (Wildman–Crippen MR) is 138 cm³/mol. The topological polar surface area (TPSA) is 125 Å². The molecule has 202 valence electrons. The van der Waals surface area contributed by atoms with Gasteiger partial charge < -0.3 is 20.9 Å². The van der Waals surface area contributed by atoms with Crippen LogP contribution in [0.25, 0.3) is 0 Å². The summed E-state index contributed by atoms with van der Waals surface area (Å²) in [5.74, 6) is -2.63. The fraction of sp³-hybridized carbons (Fsp3) is 0.621. The molecule has 3 aliphatic carbocycles. The van der Waals surface area contributed by atoms with Crippen molar-refractivity contribution in [2.75, 3.05) is 13.1 Å². The van der Waals surface area contributed by atoms with Gasteiger partial charge in [0.1, 0.15) is 6.04 Å². The number of fused-ring (bicyclic) bond motifs is 1. The molecule has 0 radical (unpaired) electrons. The van der Waals surface area contributed by atoms with Crippen molar-refractivity contribution >= 4 is 29.4 Å². The number of amides is 4. The highest BCUT2D eigenvalue weighted by molar-refractivity contribution is 6.38. The molecule has 5 aliphatic rings. The van der Waals surface area contributed by atoms with E-state index in [0.29, 0.717) is 38.8 Å². The Balaban J connectivity index is 1.19. The number of nitrogens with one attached hydrogen (secondary N) is 3. The quantitative estimate of drug-likeness (QED) is 0.442. The van der Waals surface area contributed by atoms with Crippen LogP contribution in [0, 0.1) is 17.3 Å². The van der Waals surface area contributed by atoms with Gasteiger partial charge >= 0.3 is 0 Å². The number of rotatable bonds is 8. The maximum atomic E-state index is 13.8. The average Bonchev–Trinajstić information content (AvgIpc) is 3.80. The van der Waals surface area contributed by atoms with Gasteiger partial charge in [-0.15, -0.1) is 0 Å². The highest BCUT2D eigenvalue weighted by Gasteiger charge is 2.52. The van der Waals surface area contributed by atoms with Gasteiger partial charge in [-0.3, -0.25) is 24.0 Å². The molecule has 0 bridgehead atoms. The van der Waals surface area contributed by atoms with E-state index in [2.05, 4.69) is 28.1 Å². The van der Waals surface area contributed by atoms with Crippen LogP contribution in [0.2, 0.25) is 0 Å². The number of hydrogen-bond acceptors (Lipinski definition) is 5. The Morgan fingerprint density at radius 3 is 2.34 bits per heavy atom. The van der Waals surface area contributed by atoms with E-state index in [1.165, 1.54) is 11.1 Å². The standard InChI is InChI=1S/C29H36N4O5/c34-24(27(37)31-21-5-6-21)22(15-19-7-11-30-25(19)35)32-26(36)23-16-29(8-9-29)10-12-33(23)28(38)20-13-17-3-1-2-4-18(17)14-20/h1-4,19-23H,5-16H2,(H,30,35)(H,31,37)(H,32,36). The summed E-state index contributed by atoms with van der Waals surface area (Å²) in [7, 11) is 0. The molecule has 1 aromatic rings. The molecule has 4 amide bonds. The third-order valence-electron chi connectivity index (χ3n) is 9.28. The van der Waals surface area contributed by atoms with Crippen molar-refractivity contribution in [2.24, 2.45) is 17.3 Å². The molecule has 0 aromatic heterocycles. The van der Waals surface area contributed by atoms with Crippen LogP contribution in [0.1, 0.15) is 62.5 Å². The van der Waals surface area contributed by atoms with E-state index in [4.69, 9.17) is 0 Å². The summed E-state index contributed by atoms with van der Waals surface area (Å²) in [4.78, 5) is 67.4. The van der Waals surface area contributed by atoms with E-state index in [0.717, 1.165) is 32.1 Å². The van der Waals surface area contributed by atoms with Crippen LogP contribution in [0.15, 0.2) is 24.3 Å². The van der Waals surface area contributed by atoms with E-state index in [-0.39, 0.29) is 35.6 Å². The second-order valence-corrected chi connectivity index (χ2v) is 12.1. The molecular weight excluding hydrogens is 484 g/mol. The van der Waals surface area contributed by atoms with Crippen LogP contribution < -0.4 is 16.0 Å². The number of ketones is 1. The Morgan fingerprint density at radius 1 is 1.03 bits per heavy atom. The van der Waals surface area contributed by atoms with Gasteiger partial charge in [-0.1, -0.05) is 24.3 Å². The lowest BCUT2D eigenvalue weighted by molar-refractivity contribution is -0.148. The van der Waals surface area contributed by atoms with Crippen molar-refractivity contribution in [1.29, 1.82) is 0 Å². The lowest BCUT2D eigenvalue weighted by atomic mass is 9.86. The number of piperidine rings is 1. The van der Waals surface area contributed by atoms with E-state index >= 15 is 0 Å². The Morgan fingerprint density at radius 2 is 1.74 bits per heavy atom. The zero-order valence-electron chi connectivity index (χ0n) is 21.7. The molecule has 3 atom stereocenters. The second-order valence-electron chi connectivity index (χ2n) is 12.1. The molecule has 2 saturated carbocycles. The van der Waals surface area contributed by atoms with Crippen molar-refractivity contribution in [2.45, 2.75) is 82.3 Å². The highest BCUT2D eigenvalue weighted by Crippen LogP contribution is 2.55. The molecule has 3 N–H and O–H groups in total. The summed E-state index contributed by atoms with van der Waals surface area (Å²) in [5, 5.41) is 8.32. The molecule has 9 heteroatoms. The van der Waals surface area contributed by atoms with Gasteiger partial charge in [0, 0.05) is 31.0 Å². The van der Waals surface area contributed by atoms with E-state index in [9.17, 15) is 24.0 Å². The van der Waals surface area contributed by atoms with Crippen LogP contribution >= 0.6 is 0 Å². The maximum Gasteiger partial charge on any atom is 0.289 e. The minimum atomic E-state index is -1.10. The Bertz CT molecular complexity index is 1150. The second kappa shape index (κ2) is 9.82. The summed E-state index contributed by atoms with van der Waals surface area (Å²) in [6.45, 7) is 1.04. The van der Waals surface area contributed by atoms with Crippen molar-refractivity contribution in [1.82, 2.24) is 20.9 Å². The van der Waals surface area contributed by atoms with Crippen molar-refractivity contribution in [3.8, 4) is 0 Å². The Hall–Kier alpha value is -3.23. The van der Waals surface area contributed by atoms with Crippen molar-refractivity contribution in [3.05, 3.63) is 35.4 Å². The lowest BCUT2D eigenvalue weighted by Crippen LogP contribution is -2.59. The third kappa shape index (κ3) is 5.07. The smallest absolute Gasteiger partial charge is 0.289 e. The first-order valence-corrected chi connectivity index (χ1v) is 14.1. The third-order valence-corrected chi connectivity index (χ3v) is 9.28. The number of carbonyl (C=O) groups is 5. The molecule has 2 saturated heterocycles. The summed E-state index contributed by atoms with van der Waals surface area (Å²) in [5.41, 5.74) is 2.46. The minimum absolute atomic E-state index is 0.00861. The number of Topliss-reactive ketones (excluding diaryl/α,β-unsaturated/α-hetero) is 1. The van der Waals surface area contributed by atoms with Gasteiger partial charge in [0.15, 0.2) is 0 Å². The molecule has 3 unspecified atom stereocenters. The van der Waals surface area contributed by atoms with Crippen LogP contribution in [-0.2, 0) is 36.8 Å². The van der Waals surface area contributed by atoms with Crippen LogP contribution in [-0.4, -0.2) is 65.5 Å². The summed E-state index contributed by atoms with van der Waals surface area (Å²) >= 11 is 0. The molecular formula is C29H36N4O5. The van der Waals surface area contributed by atoms with Crippen molar-refractivity contribution < 1.29 is 24.0 Å². The molecule has 1 spiro atoms. The van der Waals surface area contributed by atoms with Gasteiger partial charge in [0.05, 0.1) is 6.04 Å². The van der Waals surface area contributed by atoms with Gasteiger partial charge in [-0.2, -0.15) is 0 Å². The Labute approximate surface area is 222 Å². The zero-order chi connectivity index (χ0) is 26.4. The largest absolute Gasteiger partial charge is 0.356 e. The fourth-order valence-corrected chi connectivity index (χ4v) is 6.53. The molecule has 4 fully saturated rings. The lowest BCUT2D eigenvalue weighted by Gasteiger charge is -2.40. The first-order chi connectivity index (χ1) is 18.3. The van der Waals surface area contributed by atoms with Crippen LogP contribution in [0.3, 0.4) is 0 Å². The normalized spacial score (nSPS) is 26.4. The maximum absolute atomic E-state index is 13.8. The van der Waals surface area contributed by atoms with E-state index in [1.54, 1.807) is 4.90 Å². The SMILES string of the molecule is O=C(NC1CC1)C(=O)C(CC1CCNC1=O)NC(=O)C1CC2(CCN1C(=O)C1Cc3ccccc3C1)CC2. The number of carbonyl (C=O) groups excluding carboxylic acids is 5.